The van der Waals surface area contributed by atoms with Gasteiger partial charge in [-0.3, -0.25) is 4.90 Å². The molecule has 2 rings (SSSR count). The van der Waals surface area contributed by atoms with Crippen molar-refractivity contribution in [2.24, 2.45) is 0 Å². The maximum atomic E-state index is 10.8. The number of carbonyl (C=O) groups is 1. The Hall–Kier alpha value is -2.33. The van der Waals surface area contributed by atoms with Gasteiger partial charge in [0.2, 0.25) is 0 Å². The van der Waals surface area contributed by atoms with Crippen LogP contribution in [0.4, 0.5) is 0 Å². The number of aromatic hydroxyl groups is 1. The fourth-order valence-electron chi connectivity index (χ4n) is 2.26. The number of carboxylic acids is 1. The molecule has 1 atom stereocenters. The summed E-state index contributed by atoms with van der Waals surface area (Å²) >= 11 is 0. The third-order valence-corrected chi connectivity index (χ3v) is 3.68. The SMILES string of the molecule is CC(c1ccccc1O)N(C)Cc1ccc(C(=O)O)cc1. The maximum Gasteiger partial charge on any atom is 0.335 e. The van der Waals surface area contributed by atoms with Crippen LogP contribution in [0.3, 0.4) is 0 Å². The van der Waals surface area contributed by atoms with Crippen molar-refractivity contribution < 1.29 is 15.0 Å². The Balaban J connectivity index is 2.08. The van der Waals surface area contributed by atoms with E-state index in [9.17, 15) is 9.90 Å². The maximum absolute atomic E-state index is 10.8. The first kappa shape index (κ1) is 15.1. The van der Waals surface area contributed by atoms with Crippen molar-refractivity contribution in [1.29, 1.82) is 0 Å². The third kappa shape index (κ3) is 3.61. The molecule has 21 heavy (non-hydrogen) atoms. The Labute approximate surface area is 124 Å². The molecule has 1 unspecified atom stereocenters. The van der Waals surface area contributed by atoms with Crippen molar-refractivity contribution in [2.45, 2.75) is 19.5 Å². The number of hydrogen-bond donors (Lipinski definition) is 2. The van der Waals surface area contributed by atoms with Gasteiger partial charge in [0.1, 0.15) is 5.75 Å². The summed E-state index contributed by atoms with van der Waals surface area (Å²) < 4.78 is 0. The molecule has 2 aromatic rings. The Morgan fingerprint density at radius 3 is 2.33 bits per heavy atom. The van der Waals surface area contributed by atoms with Gasteiger partial charge in [-0.05, 0) is 37.7 Å². The molecular formula is C17H19NO3. The number of phenolic OH excluding ortho intramolecular Hbond substituents is 1. The van der Waals surface area contributed by atoms with E-state index in [0.717, 1.165) is 11.1 Å². The van der Waals surface area contributed by atoms with Gasteiger partial charge in [0.25, 0.3) is 0 Å². The normalized spacial score (nSPS) is 12.3. The van der Waals surface area contributed by atoms with Gasteiger partial charge in [0.15, 0.2) is 0 Å². The monoisotopic (exact) mass is 285 g/mol. The average Bonchev–Trinajstić information content (AvgIpc) is 2.47. The van der Waals surface area contributed by atoms with Crippen LogP contribution < -0.4 is 0 Å². The molecule has 0 aliphatic carbocycles. The molecule has 2 aromatic carbocycles. The van der Waals surface area contributed by atoms with Crippen LogP contribution in [0.15, 0.2) is 48.5 Å². The Morgan fingerprint density at radius 2 is 1.76 bits per heavy atom. The molecule has 2 N–H and O–H groups in total. The zero-order valence-corrected chi connectivity index (χ0v) is 12.2. The summed E-state index contributed by atoms with van der Waals surface area (Å²) in [7, 11) is 1.97. The molecule has 0 amide bonds. The van der Waals surface area contributed by atoms with Crippen LogP contribution in [-0.4, -0.2) is 28.1 Å². The lowest BCUT2D eigenvalue weighted by molar-refractivity contribution is 0.0697. The summed E-state index contributed by atoms with van der Waals surface area (Å²) in [5, 5.41) is 18.8. The molecule has 0 fully saturated rings. The third-order valence-electron chi connectivity index (χ3n) is 3.68. The van der Waals surface area contributed by atoms with E-state index in [1.807, 2.05) is 38.2 Å². The summed E-state index contributed by atoms with van der Waals surface area (Å²) in [6.45, 7) is 2.70. The van der Waals surface area contributed by atoms with Crippen LogP contribution in [0.25, 0.3) is 0 Å². The van der Waals surface area contributed by atoms with E-state index < -0.39 is 5.97 Å². The predicted molar refractivity (Wildman–Crippen MR) is 81.4 cm³/mol. The first-order chi connectivity index (χ1) is 9.99. The molecular weight excluding hydrogens is 266 g/mol. The second-order valence-electron chi connectivity index (χ2n) is 5.15. The average molecular weight is 285 g/mol. The van der Waals surface area contributed by atoms with Gasteiger partial charge in [-0.1, -0.05) is 30.3 Å². The topological polar surface area (TPSA) is 60.8 Å². The van der Waals surface area contributed by atoms with Crippen molar-refractivity contribution >= 4 is 5.97 Å². The van der Waals surface area contributed by atoms with Gasteiger partial charge in [-0.25, -0.2) is 4.79 Å². The molecule has 0 aromatic heterocycles. The lowest BCUT2D eigenvalue weighted by Crippen LogP contribution is -2.22. The number of phenols is 1. The Kier molecular flexibility index (Phi) is 4.60. The van der Waals surface area contributed by atoms with E-state index >= 15 is 0 Å². The molecule has 4 nitrogen and oxygen atoms in total. The Morgan fingerprint density at radius 1 is 1.14 bits per heavy atom. The fraction of sp³-hybridized carbons (Fsp3) is 0.235. The van der Waals surface area contributed by atoms with Crippen molar-refractivity contribution in [3.8, 4) is 5.75 Å². The highest BCUT2D eigenvalue weighted by atomic mass is 16.4. The van der Waals surface area contributed by atoms with Crippen LogP contribution in [-0.2, 0) is 6.54 Å². The van der Waals surface area contributed by atoms with Crippen LogP contribution in [0.5, 0.6) is 5.75 Å². The summed E-state index contributed by atoms with van der Waals surface area (Å²) in [4.78, 5) is 12.9. The van der Waals surface area contributed by atoms with E-state index in [2.05, 4.69) is 4.90 Å². The summed E-state index contributed by atoms with van der Waals surface area (Å²) in [6.07, 6.45) is 0. The fourth-order valence-corrected chi connectivity index (χ4v) is 2.26. The number of nitrogens with zero attached hydrogens (tertiary/aromatic N) is 1. The second kappa shape index (κ2) is 6.41. The molecule has 0 saturated carbocycles. The van der Waals surface area contributed by atoms with E-state index in [4.69, 9.17) is 5.11 Å². The smallest absolute Gasteiger partial charge is 0.335 e. The number of carboxylic acid groups (broad SMARTS) is 1. The van der Waals surface area contributed by atoms with Crippen molar-refractivity contribution in [3.05, 3.63) is 65.2 Å². The van der Waals surface area contributed by atoms with Crippen molar-refractivity contribution in [3.63, 3.8) is 0 Å². The zero-order valence-electron chi connectivity index (χ0n) is 12.2. The minimum absolute atomic E-state index is 0.0605. The predicted octanol–water partition coefficient (Wildman–Crippen LogP) is 3.28. The standard InChI is InChI=1S/C17H19NO3/c1-12(15-5-3-4-6-16(15)19)18(2)11-13-7-9-14(10-8-13)17(20)21/h3-10,12,19H,11H2,1-2H3,(H,20,21). The van der Waals surface area contributed by atoms with Crippen molar-refractivity contribution in [2.75, 3.05) is 7.05 Å². The van der Waals surface area contributed by atoms with E-state index in [1.54, 1.807) is 24.3 Å². The van der Waals surface area contributed by atoms with E-state index in [0.29, 0.717) is 6.54 Å². The highest BCUT2D eigenvalue weighted by Crippen LogP contribution is 2.28. The second-order valence-corrected chi connectivity index (χ2v) is 5.15. The number of aromatic carboxylic acids is 1. The number of rotatable bonds is 5. The van der Waals surface area contributed by atoms with Gasteiger partial charge in [-0.2, -0.15) is 0 Å². The van der Waals surface area contributed by atoms with Gasteiger partial charge >= 0.3 is 5.97 Å². The van der Waals surface area contributed by atoms with Gasteiger partial charge in [0.05, 0.1) is 5.56 Å². The molecule has 4 heteroatoms. The van der Waals surface area contributed by atoms with Gasteiger partial charge < -0.3 is 10.2 Å². The molecule has 110 valence electrons. The Bertz CT molecular complexity index is 622. The van der Waals surface area contributed by atoms with Crippen molar-refractivity contribution in [1.82, 2.24) is 4.90 Å². The first-order valence-electron chi connectivity index (χ1n) is 6.79. The van der Waals surface area contributed by atoms with E-state index in [-0.39, 0.29) is 17.4 Å². The van der Waals surface area contributed by atoms with Crippen LogP contribution in [0, 0.1) is 0 Å². The number of para-hydroxylation sites is 1. The zero-order chi connectivity index (χ0) is 15.4. The van der Waals surface area contributed by atoms with Gasteiger partial charge in [0, 0.05) is 18.2 Å². The molecule has 0 heterocycles. The van der Waals surface area contributed by atoms with Crippen LogP contribution in [0.1, 0.15) is 34.5 Å². The summed E-state index contributed by atoms with van der Waals surface area (Å²) in [5.74, 6) is -0.629. The number of benzene rings is 2. The molecule has 0 saturated heterocycles. The molecule has 0 aliphatic rings. The lowest BCUT2D eigenvalue weighted by atomic mass is 10.0. The largest absolute Gasteiger partial charge is 0.508 e. The first-order valence-corrected chi connectivity index (χ1v) is 6.79. The van der Waals surface area contributed by atoms with E-state index in [1.165, 1.54) is 0 Å². The lowest BCUT2D eigenvalue weighted by Gasteiger charge is -2.25. The minimum atomic E-state index is -0.919. The molecule has 0 radical (unpaired) electrons. The van der Waals surface area contributed by atoms with Crippen LogP contribution in [0.2, 0.25) is 0 Å². The quantitative estimate of drug-likeness (QED) is 0.885. The van der Waals surface area contributed by atoms with Gasteiger partial charge in [-0.15, -0.1) is 0 Å². The van der Waals surface area contributed by atoms with Crippen LogP contribution >= 0.6 is 0 Å². The summed E-state index contributed by atoms with van der Waals surface area (Å²) in [6, 6.07) is 14.2. The highest BCUT2D eigenvalue weighted by Gasteiger charge is 2.15. The molecule has 0 aliphatic heterocycles. The number of hydrogen-bond acceptors (Lipinski definition) is 3. The summed E-state index contributed by atoms with van der Waals surface area (Å²) in [5.41, 5.74) is 2.20. The minimum Gasteiger partial charge on any atom is -0.508 e. The molecule has 0 spiro atoms. The molecule has 0 bridgehead atoms. The highest BCUT2D eigenvalue weighted by molar-refractivity contribution is 5.87.